The van der Waals surface area contributed by atoms with Gasteiger partial charge in [0.1, 0.15) is 0 Å². The fourth-order valence-corrected chi connectivity index (χ4v) is 2.11. The van der Waals surface area contributed by atoms with Gasteiger partial charge in [0.2, 0.25) is 5.95 Å². The fourth-order valence-electron chi connectivity index (χ4n) is 1.61. The summed E-state index contributed by atoms with van der Waals surface area (Å²) in [5, 5.41) is 3.08. The lowest BCUT2D eigenvalue weighted by atomic mass is 10.3. The average Bonchev–Trinajstić information content (AvgIpc) is 2.57. The van der Waals surface area contributed by atoms with Gasteiger partial charge in [0.25, 0.3) is 10.1 Å². The van der Waals surface area contributed by atoms with Crippen molar-refractivity contribution in [1.82, 2.24) is 9.97 Å². The van der Waals surface area contributed by atoms with E-state index in [0.717, 1.165) is 5.69 Å². The molecular weight excluding hydrogens is 314 g/mol. The van der Waals surface area contributed by atoms with Crippen LogP contribution in [0.2, 0.25) is 0 Å². The van der Waals surface area contributed by atoms with Crippen molar-refractivity contribution in [2.75, 3.05) is 5.32 Å². The number of anilines is 2. The largest absolute Gasteiger partial charge is 0.324 e. The number of hydrogen-bond acceptors (Lipinski definition) is 5. The van der Waals surface area contributed by atoms with Crippen molar-refractivity contribution in [3.05, 3.63) is 79.1 Å². The number of nitrogens with one attached hydrogen (secondary N) is 1. The van der Waals surface area contributed by atoms with E-state index in [2.05, 4.69) is 15.3 Å². The Morgan fingerprint density at radius 1 is 0.783 bits per heavy atom. The number of rotatable bonds is 3. The molecule has 1 heterocycles. The summed E-state index contributed by atoms with van der Waals surface area (Å²) < 4.78 is 29.2. The summed E-state index contributed by atoms with van der Waals surface area (Å²) in [5.74, 6) is 0.619. The van der Waals surface area contributed by atoms with Crippen LogP contribution in [-0.2, 0) is 10.1 Å². The van der Waals surface area contributed by atoms with E-state index in [4.69, 9.17) is 4.55 Å². The highest BCUT2D eigenvalue weighted by Gasteiger charge is 2.05. The zero-order chi connectivity index (χ0) is 16.5. The summed E-state index contributed by atoms with van der Waals surface area (Å²) in [6, 6.07) is 19.0. The van der Waals surface area contributed by atoms with E-state index in [0.29, 0.717) is 5.95 Å². The quantitative estimate of drug-likeness (QED) is 0.717. The van der Waals surface area contributed by atoms with Crippen molar-refractivity contribution in [2.24, 2.45) is 0 Å². The molecule has 0 aliphatic rings. The molecule has 0 unspecified atom stereocenters. The van der Waals surface area contributed by atoms with Crippen LogP contribution in [0.15, 0.2) is 84.0 Å². The smallest absolute Gasteiger partial charge is 0.294 e. The second-order valence-electron chi connectivity index (χ2n) is 4.35. The third-order valence-electron chi connectivity index (χ3n) is 2.64. The first-order valence-corrected chi connectivity index (χ1v) is 8.11. The molecule has 2 N–H and O–H groups in total. The van der Waals surface area contributed by atoms with Gasteiger partial charge in [-0.3, -0.25) is 4.55 Å². The normalized spacial score (nSPS) is 10.3. The van der Waals surface area contributed by atoms with Crippen molar-refractivity contribution in [2.45, 2.75) is 4.90 Å². The number of para-hydroxylation sites is 1. The Kier molecular flexibility index (Phi) is 5.79. The maximum atomic E-state index is 10.4. The van der Waals surface area contributed by atoms with Crippen molar-refractivity contribution < 1.29 is 13.0 Å². The minimum absolute atomic E-state index is 0.0741. The van der Waals surface area contributed by atoms with Gasteiger partial charge in [-0.25, -0.2) is 9.97 Å². The molecule has 0 atom stereocenters. The molecule has 0 radical (unpaired) electrons. The van der Waals surface area contributed by atoms with E-state index in [1.54, 1.807) is 36.7 Å². The molecule has 0 aliphatic carbocycles. The summed E-state index contributed by atoms with van der Waals surface area (Å²) in [6.45, 7) is 0. The monoisotopic (exact) mass is 329 g/mol. The zero-order valence-corrected chi connectivity index (χ0v) is 12.9. The summed E-state index contributed by atoms with van der Waals surface area (Å²) in [5.41, 5.74) is 0.994. The van der Waals surface area contributed by atoms with Gasteiger partial charge >= 0.3 is 0 Å². The molecule has 1 aromatic heterocycles. The van der Waals surface area contributed by atoms with Gasteiger partial charge < -0.3 is 5.32 Å². The van der Waals surface area contributed by atoms with Crippen LogP contribution >= 0.6 is 0 Å². The molecule has 0 bridgehead atoms. The van der Waals surface area contributed by atoms with Gasteiger partial charge in [-0.2, -0.15) is 8.42 Å². The molecule has 3 rings (SSSR count). The molecule has 23 heavy (non-hydrogen) atoms. The Hall–Kier alpha value is -2.77. The first-order chi connectivity index (χ1) is 11.1. The van der Waals surface area contributed by atoms with Gasteiger partial charge in [0.05, 0.1) is 4.90 Å². The zero-order valence-electron chi connectivity index (χ0n) is 12.1. The second kappa shape index (κ2) is 8.02. The Morgan fingerprint density at radius 3 is 1.78 bits per heavy atom. The van der Waals surface area contributed by atoms with E-state index in [-0.39, 0.29) is 4.90 Å². The predicted molar refractivity (Wildman–Crippen MR) is 88.0 cm³/mol. The molecule has 0 fully saturated rings. The van der Waals surface area contributed by atoms with E-state index >= 15 is 0 Å². The molecule has 0 aliphatic heterocycles. The average molecular weight is 329 g/mol. The lowest BCUT2D eigenvalue weighted by molar-refractivity contribution is 0.483. The first-order valence-electron chi connectivity index (χ1n) is 6.67. The molecule has 7 heteroatoms. The molecule has 2 aromatic carbocycles. The highest BCUT2D eigenvalue weighted by atomic mass is 32.2. The molecule has 0 spiro atoms. The van der Waals surface area contributed by atoms with Gasteiger partial charge in [-0.1, -0.05) is 36.4 Å². The summed E-state index contributed by atoms with van der Waals surface area (Å²) in [4.78, 5) is 8.03. The molecule has 6 nitrogen and oxygen atoms in total. The number of nitrogens with zero attached hydrogens (tertiary/aromatic N) is 2. The Morgan fingerprint density at radius 2 is 1.30 bits per heavy atom. The lowest BCUT2D eigenvalue weighted by Crippen LogP contribution is -1.96. The van der Waals surface area contributed by atoms with E-state index in [1.807, 2.05) is 30.3 Å². The molecular formula is C16H15N3O3S. The maximum absolute atomic E-state index is 10.4. The highest BCUT2D eigenvalue weighted by molar-refractivity contribution is 7.85. The molecule has 0 saturated heterocycles. The first kappa shape index (κ1) is 16.6. The van der Waals surface area contributed by atoms with E-state index in [1.165, 1.54) is 12.1 Å². The van der Waals surface area contributed by atoms with Gasteiger partial charge in [0.15, 0.2) is 0 Å². The van der Waals surface area contributed by atoms with Crippen LogP contribution < -0.4 is 5.32 Å². The van der Waals surface area contributed by atoms with E-state index in [9.17, 15) is 8.42 Å². The summed E-state index contributed by atoms with van der Waals surface area (Å²) in [7, 11) is -4.00. The van der Waals surface area contributed by atoms with Crippen molar-refractivity contribution >= 4 is 21.8 Å². The predicted octanol–water partition coefficient (Wildman–Crippen LogP) is 3.15. The second-order valence-corrected chi connectivity index (χ2v) is 5.77. The van der Waals surface area contributed by atoms with Gasteiger partial charge in [-0.15, -0.1) is 0 Å². The Bertz CT molecular complexity index is 773. The van der Waals surface area contributed by atoms with Crippen LogP contribution in [0.3, 0.4) is 0 Å². The van der Waals surface area contributed by atoms with Gasteiger partial charge in [0, 0.05) is 18.1 Å². The van der Waals surface area contributed by atoms with Crippen molar-refractivity contribution in [3.63, 3.8) is 0 Å². The third kappa shape index (κ3) is 5.85. The molecule has 3 aromatic rings. The van der Waals surface area contributed by atoms with Crippen molar-refractivity contribution in [3.8, 4) is 0 Å². The van der Waals surface area contributed by atoms with Crippen molar-refractivity contribution in [1.29, 1.82) is 0 Å². The van der Waals surface area contributed by atoms with Crippen LogP contribution in [0.1, 0.15) is 0 Å². The topological polar surface area (TPSA) is 92.2 Å². The number of hydrogen-bond donors (Lipinski definition) is 2. The minimum Gasteiger partial charge on any atom is -0.324 e. The SMILES string of the molecule is O=S(=O)(O)c1ccccc1.c1ccc(Nc2ncccn2)cc1. The minimum atomic E-state index is -4.00. The number of benzene rings is 2. The van der Waals surface area contributed by atoms with Crippen LogP contribution in [0.4, 0.5) is 11.6 Å². The maximum Gasteiger partial charge on any atom is 0.294 e. The van der Waals surface area contributed by atoms with Crippen LogP contribution in [0, 0.1) is 0 Å². The lowest BCUT2D eigenvalue weighted by Gasteiger charge is -2.02. The standard InChI is InChI=1S/C10H9N3.C6H6O3S/c1-2-5-9(6-3-1)13-10-11-7-4-8-12-10;7-10(8,9)6-4-2-1-3-5-6/h1-8H,(H,11,12,13);1-5H,(H,7,8,9). The van der Waals surface area contributed by atoms with Crippen LogP contribution in [-0.4, -0.2) is 22.9 Å². The molecule has 118 valence electrons. The highest BCUT2D eigenvalue weighted by Crippen LogP contribution is 2.09. The van der Waals surface area contributed by atoms with E-state index < -0.39 is 10.1 Å². The fraction of sp³-hybridized carbons (Fsp3) is 0. The third-order valence-corrected chi connectivity index (χ3v) is 3.50. The molecule has 0 saturated carbocycles. The summed E-state index contributed by atoms with van der Waals surface area (Å²) >= 11 is 0. The van der Waals surface area contributed by atoms with Crippen LogP contribution in [0.5, 0.6) is 0 Å². The Labute approximate surface area is 134 Å². The van der Waals surface area contributed by atoms with Crippen LogP contribution in [0.25, 0.3) is 0 Å². The van der Waals surface area contributed by atoms with Gasteiger partial charge in [-0.05, 0) is 30.3 Å². The number of aromatic nitrogens is 2. The Balaban J connectivity index is 0.000000174. The summed E-state index contributed by atoms with van der Waals surface area (Å²) in [6.07, 6.45) is 3.41. The molecule has 0 amide bonds.